The zero-order valence-electron chi connectivity index (χ0n) is 13.1. The molecule has 0 amide bonds. The first kappa shape index (κ1) is 17.0. The smallest absolute Gasteiger partial charge is 0.269 e. The lowest BCUT2D eigenvalue weighted by Gasteiger charge is -2.08. The first-order valence-corrected chi connectivity index (χ1v) is 9.62. The summed E-state index contributed by atoms with van der Waals surface area (Å²) < 4.78 is 1.65. The molecule has 0 fully saturated rings. The van der Waals surface area contributed by atoms with Crippen LogP contribution in [0, 0.1) is 10.1 Å². The van der Waals surface area contributed by atoms with Crippen molar-refractivity contribution >= 4 is 60.6 Å². The van der Waals surface area contributed by atoms with Gasteiger partial charge in [-0.2, -0.15) is 0 Å². The van der Waals surface area contributed by atoms with Crippen molar-refractivity contribution in [2.24, 2.45) is 0 Å². The van der Waals surface area contributed by atoms with Crippen molar-refractivity contribution in [3.05, 3.63) is 86.0 Å². The van der Waals surface area contributed by atoms with Crippen LogP contribution in [-0.2, 0) is 0 Å². The molecule has 0 aliphatic carbocycles. The van der Waals surface area contributed by atoms with E-state index in [-0.39, 0.29) is 11.1 Å². The number of nitro groups is 1. The van der Waals surface area contributed by atoms with Crippen molar-refractivity contribution in [2.75, 3.05) is 0 Å². The van der Waals surface area contributed by atoms with Crippen LogP contribution in [0.4, 0.5) is 5.69 Å². The molecular weight excluding hydrogens is 390 g/mol. The molecule has 128 valence electrons. The van der Waals surface area contributed by atoms with Gasteiger partial charge in [-0.25, -0.2) is 0 Å². The van der Waals surface area contributed by atoms with Gasteiger partial charge in [-0.1, -0.05) is 35.5 Å². The van der Waals surface area contributed by atoms with Gasteiger partial charge in [0.05, 0.1) is 14.6 Å². The summed E-state index contributed by atoms with van der Waals surface area (Å²) in [5.41, 5.74) is 0.0202. The van der Waals surface area contributed by atoms with Crippen molar-refractivity contribution in [1.29, 1.82) is 0 Å². The van der Waals surface area contributed by atoms with Gasteiger partial charge in [-0.05, 0) is 36.4 Å². The van der Waals surface area contributed by atoms with E-state index in [4.69, 9.17) is 11.6 Å². The van der Waals surface area contributed by atoms with Crippen molar-refractivity contribution in [2.45, 2.75) is 9.79 Å². The van der Waals surface area contributed by atoms with Gasteiger partial charge in [0.25, 0.3) is 5.69 Å². The molecule has 0 unspecified atom stereocenters. The molecule has 1 heterocycles. The lowest BCUT2D eigenvalue weighted by atomic mass is 10.2. The summed E-state index contributed by atoms with van der Waals surface area (Å²) in [5, 5.41) is 12.6. The number of benzene rings is 3. The number of halogens is 1. The Hall–Kier alpha value is -2.41. The average Bonchev–Trinajstić information content (AvgIpc) is 2.65. The van der Waals surface area contributed by atoms with Crippen LogP contribution in [0.15, 0.2) is 75.2 Å². The molecule has 0 atom stereocenters. The average molecular weight is 400 g/mol. The summed E-state index contributed by atoms with van der Waals surface area (Å²) in [7, 11) is 0. The third-order valence-electron chi connectivity index (χ3n) is 3.93. The molecule has 0 N–H and O–H groups in total. The second-order valence-corrected chi connectivity index (χ2v) is 8.08. The number of hydrogen-bond acceptors (Lipinski definition) is 5. The minimum atomic E-state index is -0.431. The Kier molecular flexibility index (Phi) is 4.40. The second kappa shape index (κ2) is 6.72. The highest BCUT2D eigenvalue weighted by atomic mass is 35.5. The summed E-state index contributed by atoms with van der Waals surface area (Å²) in [5.74, 6) is 0. The minimum absolute atomic E-state index is 0.0249. The molecule has 7 heteroatoms. The van der Waals surface area contributed by atoms with E-state index >= 15 is 0 Å². The Balaban J connectivity index is 1.81. The van der Waals surface area contributed by atoms with Crippen molar-refractivity contribution in [1.82, 2.24) is 0 Å². The Labute approximate surface area is 161 Å². The number of non-ortho nitro benzene ring substituents is 1. The predicted molar refractivity (Wildman–Crippen MR) is 108 cm³/mol. The van der Waals surface area contributed by atoms with E-state index in [9.17, 15) is 14.9 Å². The number of hydrogen-bond donors (Lipinski definition) is 0. The Morgan fingerprint density at radius 3 is 2.42 bits per heavy atom. The van der Waals surface area contributed by atoms with E-state index in [0.717, 1.165) is 19.2 Å². The summed E-state index contributed by atoms with van der Waals surface area (Å²) in [6.07, 6.45) is 0. The van der Waals surface area contributed by atoms with Gasteiger partial charge in [0.15, 0.2) is 5.43 Å². The summed E-state index contributed by atoms with van der Waals surface area (Å²) in [6, 6.07) is 17.4. The van der Waals surface area contributed by atoms with Crippen LogP contribution >= 0.6 is 34.7 Å². The standard InChI is InChI=1S/C19H10ClNO3S2/c20-17-16(25-12-7-5-11(6-8-12)21(23)24)10-9-14-18(22)13-3-1-2-4-15(13)26-19(14)17/h1-10H. The Morgan fingerprint density at radius 2 is 1.69 bits per heavy atom. The normalized spacial score (nSPS) is 11.1. The van der Waals surface area contributed by atoms with Gasteiger partial charge >= 0.3 is 0 Å². The second-order valence-electron chi connectivity index (χ2n) is 5.53. The molecule has 0 saturated heterocycles. The fourth-order valence-corrected chi connectivity index (χ4v) is 5.08. The van der Waals surface area contributed by atoms with Crippen molar-refractivity contribution in [3.8, 4) is 0 Å². The first-order valence-electron chi connectivity index (χ1n) is 7.61. The number of rotatable bonds is 3. The summed E-state index contributed by atoms with van der Waals surface area (Å²) in [4.78, 5) is 24.7. The molecule has 0 saturated carbocycles. The largest absolute Gasteiger partial charge is 0.289 e. The van der Waals surface area contributed by atoms with E-state index in [1.54, 1.807) is 18.2 Å². The lowest BCUT2D eigenvalue weighted by molar-refractivity contribution is -0.384. The maximum atomic E-state index is 12.7. The number of nitrogens with zero attached hydrogens (tertiary/aromatic N) is 1. The van der Waals surface area contributed by atoms with E-state index in [1.165, 1.54) is 35.2 Å². The molecule has 0 aliphatic rings. The molecule has 4 aromatic rings. The molecule has 26 heavy (non-hydrogen) atoms. The lowest BCUT2D eigenvalue weighted by Crippen LogP contribution is -2.01. The maximum absolute atomic E-state index is 12.7. The molecule has 0 radical (unpaired) electrons. The van der Waals surface area contributed by atoms with E-state index in [2.05, 4.69) is 0 Å². The van der Waals surface area contributed by atoms with Gasteiger partial charge in [-0.3, -0.25) is 14.9 Å². The van der Waals surface area contributed by atoms with Gasteiger partial charge in [0.1, 0.15) is 0 Å². The highest BCUT2D eigenvalue weighted by Crippen LogP contribution is 2.40. The van der Waals surface area contributed by atoms with Crippen molar-refractivity contribution in [3.63, 3.8) is 0 Å². The van der Waals surface area contributed by atoms with E-state index < -0.39 is 4.92 Å². The third kappa shape index (κ3) is 2.96. The highest BCUT2D eigenvalue weighted by Gasteiger charge is 2.13. The Morgan fingerprint density at radius 1 is 0.962 bits per heavy atom. The molecule has 0 spiro atoms. The van der Waals surface area contributed by atoms with Crippen LogP contribution in [0.3, 0.4) is 0 Å². The summed E-state index contributed by atoms with van der Waals surface area (Å²) in [6.45, 7) is 0. The van der Waals surface area contributed by atoms with Crippen LogP contribution in [0.1, 0.15) is 0 Å². The minimum Gasteiger partial charge on any atom is -0.289 e. The molecule has 3 aromatic carbocycles. The topological polar surface area (TPSA) is 60.2 Å². The van der Waals surface area contributed by atoms with Gasteiger partial charge < -0.3 is 0 Å². The SMILES string of the molecule is O=c1c2ccccc2sc2c(Cl)c(Sc3ccc([N+](=O)[O-])cc3)ccc12. The van der Waals surface area contributed by atoms with Gasteiger partial charge in [-0.15, -0.1) is 11.3 Å². The quantitative estimate of drug-likeness (QED) is 0.236. The van der Waals surface area contributed by atoms with Crippen LogP contribution in [0.25, 0.3) is 20.2 Å². The molecular formula is C19H10ClNO3S2. The van der Waals surface area contributed by atoms with Crippen molar-refractivity contribution < 1.29 is 4.92 Å². The first-order chi connectivity index (χ1) is 12.5. The number of fused-ring (bicyclic) bond motifs is 2. The van der Waals surface area contributed by atoms with Gasteiger partial charge in [0, 0.05) is 37.4 Å². The molecule has 1 aromatic heterocycles. The Bertz CT molecular complexity index is 1220. The molecule has 0 aliphatic heterocycles. The monoisotopic (exact) mass is 399 g/mol. The van der Waals surface area contributed by atoms with Crippen LogP contribution in [0.5, 0.6) is 0 Å². The molecule has 4 nitrogen and oxygen atoms in total. The zero-order valence-corrected chi connectivity index (χ0v) is 15.5. The van der Waals surface area contributed by atoms with Crippen LogP contribution < -0.4 is 5.43 Å². The zero-order chi connectivity index (χ0) is 18.3. The molecule has 0 bridgehead atoms. The highest BCUT2D eigenvalue weighted by molar-refractivity contribution is 7.99. The predicted octanol–water partition coefficient (Wildman–Crippen LogP) is 6.13. The maximum Gasteiger partial charge on any atom is 0.269 e. The third-order valence-corrected chi connectivity index (χ3v) is 6.81. The van der Waals surface area contributed by atoms with Crippen LogP contribution in [0.2, 0.25) is 5.02 Å². The van der Waals surface area contributed by atoms with Crippen LogP contribution in [-0.4, -0.2) is 4.92 Å². The van der Waals surface area contributed by atoms with E-state index in [0.29, 0.717) is 15.8 Å². The summed E-state index contributed by atoms with van der Waals surface area (Å²) >= 11 is 9.49. The fraction of sp³-hybridized carbons (Fsp3) is 0. The fourth-order valence-electron chi connectivity index (χ4n) is 2.66. The van der Waals surface area contributed by atoms with Gasteiger partial charge in [0.2, 0.25) is 0 Å². The number of nitro benzene ring substituents is 1. The van der Waals surface area contributed by atoms with E-state index in [1.807, 2.05) is 30.3 Å². The molecule has 4 rings (SSSR count).